The van der Waals surface area contributed by atoms with Crippen LogP contribution in [0.25, 0.3) is 0 Å². The first kappa shape index (κ1) is 13.7. The fourth-order valence-electron chi connectivity index (χ4n) is 1.05. The first-order valence-corrected chi connectivity index (χ1v) is 4.85. The smallest absolute Gasteiger partial charge is 0.394 e. The van der Waals surface area contributed by atoms with Gasteiger partial charge in [0.2, 0.25) is 5.71 Å². The summed E-state index contributed by atoms with van der Waals surface area (Å²) in [5.41, 5.74) is 2.69. The molecule has 0 unspecified atom stereocenters. The van der Waals surface area contributed by atoms with E-state index < -0.39 is 11.9 Å². The zero-order chi connectivity index (χ0) is 14.3. The number of rotatable bonds is 3. The predicted octanol–water partition coefficient (Wildman–Crippen LogP) is 0.525. The molecule has 0 fully saturated rings. The molecule has 0 aliphatic heterocycles. The number of nitriles is 2. The maximum absolute atomic E-state index is 10.9. The Morgan fingerprint density at radius 3 is 2.42 bits per heavy atom. The Labute approximate surface area is 107 Å². The highest BCUT2D eigenvalue weighted by atomic mass is 16.4. The van der Waals surface area contributed by atoms with E-state index in [-0.39, 0.29) is 11.4 Å². The van der Waals surface area contributed by atoms with Gasteiger partial charge >= 0.3 is 11.9 Å². The van der Waals surface area contributed by atoms with Crippen molar-refractivity contribution in [3.63, 3.8) is 0 Å². The number of carbonyl (C=O) groups excluding carboxylic acids is 1. The Bertz CT molecular complexity index is 608. The number of carboxylic acids is 1. The van der Waals surface area contributed by atoms with Gasteiger partial charge in [-0.1, -0.05) is 6.07 Å². The van der Waals surface area contributed by atoms with Gasteiger partial charge in [-0.05, 0) is 18.2 Å². The van der Waals surface area contributed by atoms with Crippen molar-refractivity contribution < 1.29 is 14.7 Å². The maximum atomic E-state index is 10.9. The Kier molecular flexibility index (Phi) is 4.59. The number of amides is 1. The Hall–Kier alpha value is -3.39. The largest absolute Gasteiger partial charge is 0.474 e. The molecule has 0 saturated carbocycles. The molecule has 0 saturated heterocycles. The average molecular weight is 257 g/mol. The third kappa shape index (κ3) is 4.17. The summed E-state index contributed by atoms with van der Waals surface area (Å²) in [6, 6.07) is 9.10. The lowest BCUT2D eigenvalue weighted by Crippen LogP contribution is -2.21. The molecule has 0 aliphatic rings. The minimum absolute atomic E-state index is 0.239. The summed E-state index contributed by atoms with van der Waals surface area (Å²) >= 11 is 0. The zero-order valence-electron chi connectivity index (χ0n) is 9.41. The van der Waals surface area contributed by atoms with E-state index in [4.69, 9.17) is 15.6 Å². The van der Waals surface area contributed by atoms with E-state index >= 15 is 0 Å². The summed E-state index contributed by atoms with van der Waals surface area (Å²) in [7, 11) is 0. The molecule has 1 rings (SSSR count). The number of hydrazone groups is 1. The Balaban J connectivity index is 2.82. The number of nitrogens with zero attached hydrogens (tertiary/aromatic N) is 3. The fraction of sp³-hybridized carbons (Fsp3) is 0. The third-order valence-corrected chi connectivity index (χ3v) is 1.82. The summed E-state index contributed by atoms with van der Waals surface area (Å²) in [6.45, 7) is 0. The van der Waals surface area contributed by atoms with Gasteiger partial charge in [-0.15, -0.1) is 0 Å². The lowest BCUT2D eigenvalue weighted by molar-refractivity contribution is -0.147. The van der Waals surface area contributed by atoms with Gasteiger partial charge in [-0.25, -0.2) is 4.79 Å². The lowest BCUT2D eigenvalue weighted by atomic mass is 10.3. The van der Waals surface area contributed by atoms with Crippen LogP contribution in [-0.4, -0.2) is 22.7 Å². The average Bonchev–Trinajstić information content (AvgIpc) is 2.40. The fourth-order valence-corrected chi connectivity index (χ4v) is 1.05. The number of anilines is 2. The van der Waals surface area contributed by atoms with Crippen molar-refractivity contribution in [1.82, 2.24) is 0 Å². The number of nitrogens with one attached hydrogen (secondary N) is 2. The summed E-state index contributed by atoms with van der Waals surface area (Å²) in [5.74, 6) is -2.77. The van der Waals surface area contributed by atoms with E-state index in [1.165, 1.54) is 18.2 Å². The van der Waals surface area contributed by atoms with Gasteiger partial charge < -0.3 is 10.4 Å². The van der Waals surface area contributed by atoms with Crippen LogP contribution in [0.1, 0.15) is 0 Å². The predicted molar refractivity (Wildman–Crippen MR) is 65.0 cm³/mol. The second-order valence-electron chi connectivity index (χ2n) is 3.14. The molecule has 1 aromatic carbocycles. The van der Waals surface area contributed by atoms with Gasteiger partial charge in [0.15, 0.2) is 0 Å². The van der Waals surface area contributed by atoms with E-state index in [0.717, 1.165) is 0 Å². The lowest BCUT2D eigenvalue weighted by Gasteiger charge is -2.04. The highest BCUT2D eigenvalue weighted by Crippen LogP contribution is 2.14. The Morgan fingerprint density at radius 2 is 1.84 bits per heavy atom. The molecule has 19 heavy (non-hydrogen) atoms. The molecule has 0 heterocycles. The van der Waals surface area contributed by atoms with E-state index in [2.05, 4.69) is 15.8 Å². The second-order valence-corrected chi connectivity index (χ2v) is 3.14. The van der Waals surface area contributed by atoms with Crippen molar-refractivity contribution >= 4 is 29.0 Å². The highest BCUT2D eigenvalue weighted by molar-refractivity contribution is 6.36. The van der Waals surface area contributed by atoms with Crippen molar-refractivity contribution in [3.8, 4) is 12.1 Å². The van der Waals surface area contributed by atoms with Crippen LogP contribution >= 0.6 is 0 Å². The molecule has 0 radical (unpaired) electrons. The normalized spacial score (nSPS) is 8.53. The first-order chi connectivity index (χ1) is 9.06. The number of benzene rings is 1. The van der Waals surface area contributed by atoms with Crippen LogP contribution in [-0.2, 0) is 9.59 Å². The van der Waals surface area contributed by atoms with Crippen LogP contribution in [0.2, 0.25) is 0 Å². The number of hydrogen-bond acceptors (Lipinski definition) is 6. The minimum atomic E-state index is -1.60. The molecule has 1 aromatic rings. The minimum Gasteiger partial charge on any atom is -0.474 e. The van der Waals surface area contributed by atoms with E-state index in [1.807, 2.05) is 0 Å². The molecule has 0 atom stereocenters. The molecule has 0 aliphatic carbocycles. The monoisotopic (exact) mass is 257 g/mol. The zero-order valence-corrected chi connectivity index (χ0v) is 9.41. The molecule has 0 spiro atoms. The summed E-state index contributed by atoms with van der Waals surface area (Å²) in [5, 5.41) is 31.0. The van der Waals surface area contributed by atoms with Gasteiger partial charge in [-0.3, -0.25) is 10.2 Å². The molecule has 8 heteroatoms. The van der Waals surface area contributed by atoms with Crippen LogP contribution in [0.5, 0.6) is 0 Å². The quantitative estimate of drug-likeness (QED) is 0.410. The van der Waals surface area contributed by atoms with Gasteiger partial charge in [0.1, 0.15) is 12.1 Å². The molecule has 3 N–H and O–H groups in total. The van der Waals surface area contributed by atoms with Crippen LogP contribution < -0.4 is 10.7 Å². The van der Waals surface area contributed by atoms with Crippen molar-refractivity contribution in [3.05, 3.63) is 24.3 Å². The third-order valence-electron chi connectivity index (χ3n) is 1.82. The summed E-state index contributed by atoms with van der Waals surface area (Å²) in [4.78, 5) is 21.3. The highest BCUT2D eigenvalue weighted by Gasteiger charge is 2.10. The van der Waals surface area contributed by atoms with E-state index in [0.29, 0.717) is 5.69 Å². The molecule has 1 amide bonds. The van der Waals surface area contributed by atoms with Gasteiger partial charge in [0, 0.05) is 5.69 Å². The molecular formula is C11H7N5O3. The van der Waals surface area contributed by atoms with E-state index in [9.17, 15) is 9.59 Å². The van der Waals surface area contributed by atoms with Crippen molar-refractivity contribution in [2.75, 3.05) is 10.7 Å². The number of hydrogen-bond donors (Lipinski definition) is 3. The second kappa shape index (κ2) is 6.37. The van der Waals surface area contributed by atoms with Crippen LogP contribution in [0.15, 0.2) is 29.4 Å². The molecule has 0 aromatic heterocycles. The number of carbonyl (C=O) groups is 2. The van der Waals surface area contributed by atoms with E-state index in [1.54, 1.807) is 18.2 Å². The SMILES string of the molecule is N#CC(C#N)=NNc1cccc(NC(=O)C(=O)O)c1. The molecule has 94 valence electrons. The van der Waals surface area contributed by atoms with Crippen molar-refractivity contribution in [1.29, 1.82) is 10.5 Å². The summed E-state index contributed by atoms with van der Waals surface area (Å²) in [6.07, 6.45) is 0. The summed E-state index contributed by atoms with van der Waals surface area (Å²) < 4.78 is 0. The first-order valence-electron chi connectivity index (χ1n) is 4.85. The van der Waals surface area contributed by atoms with Crippen LogP contribution in [0.3, 0.4) is 0 Å². The maximum Gasteiger partial charge on any atom is 0.394 e. The number of carboxylic acid groups (broad SMARTS) is 1. The molecule has 8 nitrogen and oxygen atoms in total. The number of aliphatic carboxylic acids is 1. The van der Waals surface area contributed by atoms with Crippen LogP contribution in [0, 0.1) is 22.7 Å². The van der Waals surface area contributed by atoms with Gasteiger partial charge in [0.05, 0.1) is 5.69 Å². The standard InChI is InChI=1S/C11H7N5O3/c12-5-9(6-13)16-15-8-3-1-2-7(4-8)14-10(17)11(18)19/h1-4,15H,(H,14,17)(H,18,19). The Morgan fingerprint density at radius 1 is 1.21 bits per heavy atom. The molecular weight excluding hydrogens is 250 g/mol. The topological polar surface area (TPSA) is 138 Å². The molecule has 0 bridgehead atoms. The van der Waals surface area contributed by atoms with Gasteiger partial charge in [0.25, 0.3) is 0 Å². The van der Waals surface area contributed by atoms with Crippen molar-refractivity contribution in [2.45, 2.75) is 0 Å². The van der Waals surface area contributed by atoms with Crippen molar-refractivity contribution in [2.24, 2.45) is 5.10 Å². The van der Waals surface area contributed by atoms with Gasteiger partial charge in [-0.2, -0.15) is 15.6 Å². The van der Waals surface area contributed by atoms with Crippen LogP contribution in [0.4, 0.5) is 11.4 Å².